The van der Waals surface area contributed by atoms with Crippen LogP contribution in [0.2, 0.25) is 0 Å². The number of rotatable bonds is 4. The molecule has 0 amide bonds. The van der Waals surface area contributed by atoms with Crippen LogP contribution >= 0.6 is 0 Å². The van der Waals surface area contributed by atoms with E-state index in [0.717, 1.165) is 31.8 Å². The maximum absolute atomic E-state index is 11.6. The Balaban J connectivity index is 1.28. The lowest BCUT2D eigenvalue weighted by Crippen LogP contribution is -2.50. The number of sulfone groups is 1. The summed E-state index contributed by atoms with van der Waals surface area (Å²) in [4.78, 5) is 7.54. The third kappa shape index (κ3) is 2.91. The van der Waals surface area contributed by atoms with Gasteiger partial charge in [0.1, 0.15) is 5.82 Å². The van der Waals surface area contributed by atoms with Crippen LogP contribution in [0.5, 0.6) is 0 Å². The first-order valence-electron chi connectivity index (χ1n) is 10.2. The third-order valence-electron chi connectivity index (χ3n) is 6.91. The van der Waals surface area contributed by atoms with Crippen molar-refractivity contribution >= 4 is 9.84 Å². The van der Waals surface area contributed by atoms with E-state index in [-0.39, 0.29) is 5.41 Å². The van der Waals surface area contributed by atoms with Gasteiger partial charge < -0.3 is 0 Å². The molecule has 0 aromatic carbocycles. The minimum absolute atomic E-state index is 0.0774. The average molecular weight is 379 g/mol. The molecule has 3 heterocycles. The van der Waals surface area contributed by atoms with Gasteiger partial charge in [0.15, 0.2) is 15.7 Å². The molecule has 2 atom stereocenters. The first kappa shape index (κ1) is 17.2. The van der Waals surface area contributed by atoms with Gasteiger partial charge in [0.25, 0.3) is 0 Å². The van der Waals surface area contributed by atoms with E-state index in [1.54, 1.807) is 0 Å². The molecular formula is C19H30N4O2S. The topological polar surface area (TPSA) is 68.1 Å². The number of nitrogens with zero attached hydrogens (tertiary/aromatic N) is 4. The van der Waals surface area contributed by atoms with Gasteiger partial charge in [-0.1, -0.05) is 0 Å². The van der Waals surface area contributed by atoms with Crippen LogP contribution in [-0.2, 0) is 9.84 Å². The summed E-state index contributed by atoms with van der Waals surface area (Å²) in [5.41, 5.74) is 0.0774. The molecule has 0 N–H and O–H groups in total. The molecule has 1 spiro atoms. The highest BCUT2D eigenvalue weighted by Crippen LogP contribution is 2.46. The van der Waals surface area contributed by atoms with Crippen molar-refractivity contribution in [2.45, 2.75) is 76.3 Å². The summed E-state index contributed by atoms with van der Waals surface area (Å²) in [7, 11) is -2.74. The molecule has 2 aliphatic heterocycles. The average Bonchev–Trinajstić information content (AvgIpc) is 2.99. The maximum atomic E-state index is 11.6. The highest BCUT2D eigenvalue weighted by atomic mass is 32.2. The standard InChI is InChI=1S/C19H30N4O2S/c1-13(2)23-18(20-17(21-23)14-3-4-14)15-5-6-16(9-15)22-8-7-19(10-22)11-26(24,25)12-19/h13-16H,3-12H2,1-2H3/t15-,16+/m0/s1. The Morgan fingerprint density at radius 2 is 1.85 bits per heavy atom. The Labute approximate surface area is 156 Å². The highest BCUT2D eigenvalue weighted by molar-refractivity contribution is 7.92. The molecule has 26 heavy (non-hydrogen) atoms. The van der Waals surface area contributed by atoms with Crippen molar-refractivity contribution < 1.29 is 8.42 Å². The predicted molar refractivity (Wildman–Crippen MR) is 100 cm³/mol. The van der Waals surface area contributed by atoms with Crippen molar-refractivity contribution in [3.8, 4) is 0 Å². The quantitative estimate of drug-likeness (QED) is 0.805. The SMILES string of the molecule is CC(C)n1nc(C2CC2)nc1[C@H]1CC[C@@H](N2CCC3(C2)CS(=O)(=O)C3)C1. The number of aromatic nitrogens is 3. The van der Waals surface area contributed by atoms with Gasteiger partial charge in [0.2, 0.25) is 0 Å². The van der Waals surface area contributed by atoms with E-state index in [9.17, 15) is 8.42 Å². The zero-order chi connectivity index (χ0) is 18.1. The first-order valence-corrected chi connectivity index (χ1v) is 12.1. The van der Waals surface area contributed by atoms with Gasteiger partial charge in [0.05, 0.1) is 11.5 Å². The van der Waals surface area contributed by atoms with Crippen molar-refractivity contribution in [1.29, 1.82) is 0 Å². The third-order valence-corrected chi connectivity index (χ3v) is 9.02. The Bertz CT molecular complexity index is 800. The summed E-state index contributed by atoms with van der Waals surface area (Å²) in [5, 5.41) is 4.83. The van der Waals surface area contributed by atoms with Crippen LogP contribution in [0.15, 0.2) is 0 Å². The van der Waals surface area contributed by atoms with E-state index in [2.05, 4.69) is 23.4 Å². The lowest BCUT2D eigenvalue weighted by atomic mass is 9.91. The van der Waals surface area contributed by atoms with Gasteiger partial charge in [-0.05, 0) is 58.9 Å². The summed E-state index contributed by atoms with van der Waals surface area (Å²) < 4.78 is 25.5. The molecule has 4 aliphatic rings. The predicted octanol–water partition coefficient (Wildman–Crippen LogP) is 2.49. The lowest BCUT2D eigenvalue weighted by molar-refractivity contribution is 0.213. The monoisotopic (exact) mass is 378 g/mol. The zero-order valence-electron chi connectivity index (χ0n) is 15.9. The molecule has 4 fully saturated rings. The minimum Gasteiger partial charge on any atom is -0.300 e. The Morgan fingerprint density at radius 1 is 1.12 bits per heavy atom. The van der Waals surface area contributed by atoms with Gasteiger partial charge in [-0.15, -0.1) is 0 Å². The van der Waals surface area contributed by atoms with Crippen LogP contribution < -0.4 is 0 Å². The molecule has 1 aromatic rings. The normalized spacial score (nSPS) is 33.2. The van der Waals surface area contributed by atoms with Gasteiger partial charge in [0, 0.05) is 35.9 Å². The van der Waals surface area contributed by atoms with Crippen molar-refractivity contribution in [1.82, 2.24) is 19.7 Å². The van der Waals surface area contributed by atoms with E-state index in [4.69, 9.17) is 10.1 Å². The summed E-state index contributed by atoms with van der Waals surface area (Å²) in [6.45, 7) is 6.44. The fourth-order valence-corrected chi connectivity index (χ4v) is 7.71. The largest absolute Gasteiger partial charge is 0.300 e. The van der Waals surface area contributed by atoms with E-state index >= 15 is 0 Å². The van der Waals surface area contributed by atoms with Crippen LogP contribution in [0.3, 0.4) is 0 Å². The summed E-state index contributed by atoms with van der Waals surface area (Å²) >= 11 is 0. The highest BCUT2D eigenvalue weighted by Gasteiger charge is 2.53. The Hall–Kier alpha value is -0.950. The van der Waals surface area contributed by atoms with Gasteiger partial charge in [-0.2, -0.15) is 5.10 Å². The second-order valence-corrected chi connectivity index (χ2v) is 11.6. The summed E-state index contributed by atoms with van der Waals surface area (Å²) in [6, 6.07) is 0.948. The number of hydrogen-bond acceptors (Lipinski definition) is 5. The van der Waals surface area contributed by atoms with Gasteiger partial charge >= 0.3 is 0 Å². The van der Waals surface area contributed by atoms with E-state index < -0.39 is 9.84 Å². The van der Waals surface area contributed by atoms with E-state index in [1.165, 1.54) is 31.5 Å². The molecule has 0 unspecified atom stereocenters. The molecule has 0 bridgehead atoms. The van der Waals surface area contributed by atoms with Crippen LogP contribution in [-0.4, -0.2) is 58.7 Å². The van der Waals surface area contributed by atoms with Crippen molar-refractivity contribution in [2.75, 3.05) is 24.6 Å². The second-order valence-electron chi connectivity index (χ2n) is 9.56. The molecule has 2 saturated heterocycles. The zero-order valence-corrected chi connectivity index (χ0v) is 16.7. The van der Waals surface area contributed by atoms with E-state index in [1.807, 2.05) is 0 Å². The summed E-state index contributed by atoms with van der Waals surface area (Å²) in [6.07, 6.45) is 7.08. The molecule has 6 nitrogen and oxygen atoms in total. The molecule has 2 aliphatic carbocycles. The molecule has 144 valence electrons. The van der Waals surface area contributed by atoms with Crippen LogP contribution in [0.25, 0.3) is 0 Å². The van der Waals surface area contributed by atoms with Crippen LogP contribution in [0.1, 0.15) is 81.9 Å². The Morgan fingerprint density at radius 3 is 2.50 bits per heavy atom. The van der Waals surface area contributed by atoms with Crippen LogP contribution in [0.4, 0.5) is 0 Å². The minimum atomic E-state index is -2.74. The molecular weight excluding hydrogens is 348 g/mol. The van der Waals surface area contributed by atoms with Crippen molar-refractivity contribution in [3.05, 3.63) is 11.6 Å². The number of hydrogen-bond donors (Lipinski definition) is 0. The van der Waals surface area contributed by atoms with Gasteiger partial charge in [-0.25, -0.2) is 18.1 Å². The Kier molecular flexibility index (Phi) is 3.81. The molecule has 5 rings (SSSR count). The van der Waals surface area contributed by atoms with Crippen molar-refractivity contribution in [3.63, 3.8) is 0 Å². The molecule has 0 radical (unpaired) electrons. The lowest BCUT2D eigenvalue weighted by Gasteiger charge is -2.38. The fraction of sp³-hybridized carbons (Fsp3) is 0.895. The maximum Gasteiger partial charge on any atom is 0.154 e. The summed E-state index contributed by atoms with van der Waals surface area (Å²) in [5.74, 6) is 4.20. The van der Waals surface area contributed by atoms with Gasteiger partial charge in [-0.3, -0.25) is 4.90 Å². The first-order chi connectivity index (χ1) is 12.3. The number of likely N-dealkylation sites (tertiary alicyclic amines) is 1. The molecule has 7 heteroatoms. The second kappa shape index (κ2) is 5.77. The fourth-order valence-electron chi connectivity index (χ4n) is 5.46. The smallest absolute Gasteiger partial charge is 0.154 e. The van der Waals surface area contributed by atoms with Crippen molar-refractivity contribution in [2.24, 2.45) is 5.41 Å². The van der Waals surface area contributed by atoms with E-state index in [0.29, 0.717) is 35.4 Å². The van der Waals surface area contributed by atoms with Crippen LogP contribution in [0, 0.1) is 5.41 Å². The molecule has 2 saturated carbocycles. The molecule has 1 aromatic heterocycles.